The smallest absolute Gasteiger partial charge is 0.255 e. The molecule has 0 unspecified atom stereocenters. The van der Waals surface area contributed by atoms with Crippen molar-refractivity contribution in [1.82, 2.24) is 39.6 Å². The monoisotopic (exact) mass is 619 g/mol. The van der Waals surface area contributed by atoms with Gasteiger partial charge < -0.3 is 50.1 Å². The summed E-state index contributed by atoms with van der Waals surface area (Å²) in [4.78, 5) is 31.2. The Labute approximate surface area is 258 Å². The molecule has 0 bridgehead atoms. The van der Waals surface area contributed by atoms with Crippen molar-refractivity contribution in [2.45, 2.75) is 38.5 Å². The van der Waals surface area contributed by atoms with Gasteiger partial charge in [-0.05, 0) is 74.9 Å². The number of hydrogen-bond acceptors (Lipinski definition) is 12. The highest BCUT2D eigenvalue weighted by atomic mass is 35.5. The zero-order valence-corrected chi connectivity index (χ0v) is 24.9. The van der Waals surface area contributed by atoms with E-state index in [0.717, 1.165) is 51.9 Å². The molecule has 236 valence electrons. The van der Waals surface area contributed by atoms with E-state index in [9.17, 15) is 9.90 Å². The molecule has 0 radical (unpaired) electrons. The first-order valence-corrected chi connectivity index (χ1v) is 12.9. The van der Waals surface area contributed by atoms with E-state index in [4.69, 9.17) is 26.6 Å². The summed E-state index contributed by atoms with van der Waals surface area (Å²) in [6.45, 7) is 3.74. The molecule has 2 aromatic carbocycles. The molecule has 1 aromatic heterocycles. The number of phenolic OH excluding ortho intramolecular Hbond substituents is 1. The van der Waals surface area contributed by atoms with Crippen LogP contribution in [0.25, 0.3) is 0 Å². The summed E-state index contributed by atoms with van der Waals surface area (Å²) < 4.78 is 0. The number of phenols is 1. The van der Waals surface area contributed by atoms with E-state index in [2.05, 4.69) is 20.4 Å². The summed E-state index contributed by atoms with van der Waals surface area (Å²) in [5.41, 5.74) is 1.36. The molecule has 0 atom stereocenters. The number of rotatable bonds is 6. The van der Waals surface area contributed by atoms with Gasteiger partial charge in [0.25, 0.3) is 5.91 Å². The summed E-state index contributed by atoms with van der Waals surface area (Å²) in [5.74, 6) is 1.40. The van der Waals surface area contributed by atoms with Crippen LogP contribution in [0, 0.1) is 0 Å². The van der Waals surface area contributed by atoms with Gasteiger partial charge in [-0.1, -0.05) is 11.6 Å². The molecule has 15 N–H and O–H groups in total. The van der Waals surface area contributed by atoms with Crippen molar-refractivity contribution in [1.29, 1.82) is 0 Å². The molecule has 5 rings (SSSR count). The molecular formula is C26H51Cl2N11O2. The second kappa shape index (κ2) is 17.4. The maximum atomic E-state index is 12.5. The van der Waals surface area contributed by atoms with Gasteiger partial charge in [-0.25, -0.2) is 0 Å². The van der Waals surface area contributed by atoms with Crippen LogP contribution in [0.5, 0.6) is 5.75 Å². The number of amides is 1. The Morgan fingerprint density at radius 2 is 1.29 bits per heavy atom. The molecule has 2 fully saturated rings. The maximum Gasteiger partial charge on any atom is 0.255 e. The average molecular weight is 621 g/mol. The summed E-state index contributed by atoms with van der Waals surface area (Å²) in [5, 5.41) is 17.1. The van der Waals surface area contributed by atoms with Crippen LogP contribution in [0.4, 0.5) is 29.2 Å². The lowest BCUT2D eigenvalue weighted by atomic mass is 10.1. The van der Waals surface area contributed by atoms with Crippen molar-refractivity contribution in [2.75, 3.05) is 46.6 Å². The van der Waals surface area contributed by atoms with Crippen LogP contribution in [0.3, 0.4) is 0 Å². The summed E-state index contributed by atoms with van der Waals surface area (Å²) in [6.07, 6.45) is 6.97. The highest BCUT2D eigenvalue weighted by Gasteiger charge is 2.20. The predicted molar refractivity (Wildman–Crippen MR) is 179 cm³/mol. The third-order valence-electron chi connectivity index (χ3n) is 6.50. The van der Waals surface area contributed by atoms with E-state index in [-0.39, 0.29) is 54.4 Å². The van der Waals surface area contributed by atoms with Gasteiger partial charge in [0.2, 0.25) is 17.8 Å². The van der Waals surface area contributed by atoms with E-state index >= 15 is 0 Å². The van der Waals surface area contributed by atoms with E-state index < -0.39 is 0 Å². The number of nitrogens with zero attached hydrogens (tertiary/aromatic N) is 5. The number of aromatic nitrogens is 3. The predicted octanol–water partition coefficient (Wildman–Crippen LogP) is 7.26. The fraction of sp³-hybridized carbons (Fsp3) is 0.385. The number of carbonyl (C=O) groups is 1. The topological polar surface area (TPSA) is 247 Å². The van der Waals surface area contributed by atoms with Gasteiger partial charge in [-0.15, -0.1) is 12.4 Å². The highest BCUT2D eigenvalue weighted by Crippen LogP contribution is 2.30. The van der Waals surface area contributed by atoms with Gasteiger partial charge in [0, 0.05) is 54.2 Å². The summed E-state index contributed by atoms with van der Waals surface area (Å²) in [7, 11) is 0. The third kappa shape index (κ3) is 9.56. The van der Waals surface area contributed by atoms with Gasteiger partial charge in [-0.2, -0.15) is 15.0 Å². The summed E-state index contributed by atoms with van der Waals surface area (Å²) in [6, 6.07) is 11.5. The molecule has 0 aliphatic carbocycles. The minimum atomic E-state index is -0.336. The fourth-order valence-electron chi connectivity index (χ4n) is 4.52. The molecule has 0 spiro atoms. The van der Waals surface area contributed by atoms with Crippen LogP contribution in [0.2, 0.25) is 5.02 Å². The van der Waals surface area contributed by atoms with Gasteiger partial charge in [0.1, 0.15) is 5.75 Å². The number of carbonyl (C=O) groups excluding carboxylic acids is 1. The molecule has 13 nitrogen and oxygen atoms in total. The number of hydrogen-bond donors (Lipinski definition) is 7. The highest BCUT2D eigenvalue weighted by molar-refractivity contribution is 6.30. The first-order valence-electron chi connectivity index (χ1n) is 12.5. The second-order valence-corrected chi connectivity index (χ2v) is 9.61. The minimum absolute atomic E-state index is 0. The van der Waals surface area contributed by atoms with Crippen LogP contribution >= 0.6 is 24.0 Å². The first kappa shape index (κ1) is 37.5. The standard InChI is InChI=1S/C26H30ClN7O2.ClH.4H3N.4H2/c27-19-9-7-18(8-10-19)23(36)29-21-12-11-20(17-22(21)35)28-24-30-25(33-13-3-1-4-14-33)32-26(31-24)34-15-5-2-6-16-34;;;;;;;;;/h7-12,17,35H,1-6,13-16H2,(H,29,36)(H,28,30,31,32);1H;4*1H3;4*1H. The average Bonchev–Trinajstić information content (AvgIpc) is 2.91. The van der Waals surface area contributed by atoms with Crippen molar-refractivity contribution in [3.63, 3.8) is 0 Å². The maximum absolute atomic E-state index is 12.5. The van der Waals surface area contributed by atoms with Crippen molar-refractivity contribution < 1.29 is 15.6 Å². The molecule has 1 amide bonds. The zero-order chi connectivity index (χ0) is 24.9. The van der Waals surface area contributed by atoms with Crippen molar-refractivity contribution in [3.05, 3.63) is 53.1 Å². The molecule has 3 aromatic rings. The summed E-state index contributed by atoms with van der Waals surface area (Å²) >= 11 is 5.90. The van der Waals surface area contributed by atoms with Crippen molar-refractivity contribution in [3.8, 4) is 5.75 Å². The molecule has 2 saturated heterocycles. The third-order valence-corrected chi connectivity index (χ3v) is 6.75. The Hall–Kier alpha value is -3.46. The molecule has 15 heteroatoms. The SMILES string of the molecule is Cl.N.N.N.N.O=C(Nc1ccc(Nc2nc(N3CCCCC3)nc(N3CCCCC3)n2)cc1O)c1ccc(Cl)cc1.[HH].[HH].[HH].[HH]. The van der Waals surface area contributed by atoms with E-state index in [1.165, 1.54) is 12.8 Å². The van der Waals surface area contributed by atoms with Gasteiger partial charge >= 0.3 is 0 Å². The Balaban J connectivity index is -0.000000593. The molecular weight excluding hydrogens is 569 g/mol. The van der Waals surface area contributed by atoms with Gasteiger partial charge in [-0.3, -0.25) is 4.79 Å². The number of anilines is 5. The molecule has 2 aliphatic heterocycles. The first-order chi connectivity index (χ1) is 17.5. The van der Waals surface area contributed by atoms with Crippen molar-refractivity contribution in [2.24, 2.45) is 0 Å². The normalized spacial score (nSPS) is 14.1. The number of halogens is 2. The number of nitrogens with one attached hydrogen (secondary N) is 2. The van der Waals surface area contributed by atoms with Crippen LogP contribution in [0.15, 0.2) is 42.5 Å². The van der Waals surface area contributed by atoms with E-state index in [1.807, 2.05) is 0 Å². The lowest BCUT2D eigenvalue weighted by Crippen LogP contribution is -2.34. The van der Waals surface area contributed by atoms with Crippen molar-refractivity contribution >= 4 is 59.1 Å². The number of aromatic hydroxyl groups is 1. The Morgan fingerprint density at radius 3 is 1.78 bits per heavy atom. The van der Waals surface area contributed by atoms with Crippen LogP contribution in [-0.4, -0.2) is 52.1 Å². The van der Waals surface area contributed by atoms with Crippen LogP contribution < -0.4 is 45.0 Å². The lowest BCUT2D eigenvalue weighted by Gasteiger charge is -2.30. The number of piperidine rings is 2. The molecule has 0 saturated carbocycles. The largest absolute Gasteiger partial charge is 0.506 e. The quantitative estimate of drug-likeness (QED) is 0.134. The molecule has 41 heavy (non-hydrogen) atoms. The van der Waals surface area contributed by atoms with E-state index in [1.54, 1.807) is 42.5 Å². The minimum Gasteiger partial charge on any atom is -0.506 e. The number of benzene rings is 2. The fourth-order valence-corrected chi connectivity index (χ4v) is 4.65. The van der Waals surface area contributed by atoms with E-state index in [0.29, 0.717) is 39.8 Å². The van der Waals surface area contributed by atoms with Gasteiger partial charge in [0.05, 0.1) is 5.69 Å². The molecule has 2 aliphatic rings. The zero-order valence-electron chi connectivity index (χ0n) is 23.3. The Kier molecular flexibility index (Phi) is 15.9. The van der Waals surface area contributed by atoms with Crippen LogP contribution in [-0.2, 0) is 0 Å². The van der Waals surface area contributed by atoms with Crippen LogP contribution in [0.1, 0.15) is 54.6 Å². The Morgan fingerprint density at radius 1 is 0.780 bits per heavy atom. The van der Waals surface area contributed by atoms with Gasteiger partial charge in [0.15, 0.2) is 0 Å². The molecule has 3 heterocycles. The second-order valence-electron chi connectivity index (χ2n) is 9.17. The lowest BCUT2D eigenvalue weighted by molar-refractivity contribution is 0.102. The Bertz CT molecular complexity index is 1210.